The lowest BCUT2D eigenvalue weighted by Crippen LogP contribution is -2.17. The summed E-state index contributed by atoms with van der Waals surface area (Å²) in [6, 6.07) is 5.52. The lowest BCUT2D eigenvalue weighted by Gasteiger charge is -2.11. The zero-order valence-corrected chi connectivity index (χ0v) is 12.9. The van der Waals surface area contributed by atoms with E-state index in [-0.39, 0.29) is 11.4 Å². The molecule has 1 atom stereocenters. The molecule has 0 fully saturated rings. The average Bonchev–Trinajstić information content (AvgIpc) is 2.85. The van der Waals surface area contributed by atoms with Crippen LogP contribution in [-0.4, -0.2) is 29.4 Å². The summed E-state index contributed by atoms with van der Waals surface area (Å²) in [5.74, 6) is -1.28. The number of hydrogen-bond acceptors (Lipinski definition) is 6. The van der Waals surface area contributed by atoms with Crippen molar-refractivity contribution >= 4 is 9.84 Å². The minimum Gasteiger partial charge on any atom is -0.387 e. The Balaban J connectivity index is 2.05. The molecule has 0 bridgehead atoms. The van der Waals surface area contributed by atoms with E-state index in [9.17, 15) is 17.9 Å². The zero-order chi connectivity index (χ0) is 16.2. The van der Waals surface area contributed by atoms with Crippen molar-refractivity contribution in [1.29, 1.82) is 0 Å². The number of rotatable bonds is 7. The molecule has 0 aliphatic heterocycles. The molecule has 0 amide bonds. The van der Waals surface area contributed by atoms with Gasteiger partial charge in [0.05, 0.1) is 11.9 Å². The van der Waals surface area contributed by atoms with E-state index in [1.54, 1.807) is 0 Å². The van der Waals surface area contributed by atoms with Crippen molar-refractivity contribution in [1.82, 2.24) is 10.1 Å². The van der Waals surface area contributed by atoms with Crippen molar-refractivity contribution in [2.75, 3.05) is 5.75 Å². The Morgan fingerprint density at radius 3 is 2.77 bits per heavy atom. The number of aliphatic hydroxyl groups is 1. The third-order valence-corrected chi connectivity index (χ3v) is 4.52. The van der Waals surface area contributed by atoms with Crippen LogP contribution in [0.25, 0.3) is 0 Å². The van der Waals surface area contributed by atoms with Gasteiger partial charge in [-0.1, -0.05) is 30.3 Å². The van der Waals surface area contributed by atoms with Crippen molar-refractivity contribution in [3.63, 3.8) is 0 Å². The number of halogens is 1. The summed E-state index contributed by atoms with van der Waals surface area (Å²) in [6.07, 6.45) is -0.0566. The number of nitrogens with zero attached hydrogens (tertiary/aromatic N) is 2. The molecule has 0 spiro atoms. The fourth-order valence-electron chi connectivity index (χ4n) is 2.00. The molecule has 6 nitrogen and oxygen atoms in total. The first-order chi connectivity index (χ1) is 10.4. The minimum atomic E-state index is -3.70. The van der Waals surface area contributed by atoms with Crippen LogP contribution in [0, 0.1) is 5.82 Å². The Bertz CT molecular complexity index is 730. The van der Waals surface area contributed by atoms with Crippen LogP contribution in [-0.2, 0) is 22.0 Å². The first kappa shape index (κ1) is 16.6. The highest BCUT2D eigenvalue weighted by Gasteiger charge is 2.23. The van der Waals surface area contributed by atoms with Crippen LogP contribution in [0.15, 0.2) is 28.8 Å². The predicted octanol–water partition coefficient (Wildman–Crippen LogP) is 1.81. The van der Waals surface area contributed by atoms with Gasteiger partial charge in [-0.15, -0.1) is 0 Å². The number of sulfone groups is 1. The van der Waals surface area contributed by atoms with E-state index in [0.29, 0.717) is 12.3 Å². The molecule has 8 heteroatoms. The minimum absolute atomic E-state index is 0.0455. The molecule has 22 heavy (non-hydrogen) atoms. The van der Waals surface area contributed by atoms with Crippen molar-refractivity contribution in [2.24, 2.45) is 0 Å². The molecule has 0 aliphatic rings. The van der Waals surface area contributed by atoms with E-state index in [1.807, 2.05) is 6.92 Å². The first-order valence-corrected chi connectivity index (χ1v) is 8.68. The highest BCUT2D eigenvalue weighted by molar-refractivity contribution is 7.90. The molecule has 0 radical (unpaired) electrons. The van der Waals surface area contributed by atoms with Crippen molar-refractivity contribution < 1.29 is 22.4 Å². The monoisotopic (exact) mass is 328 g/mol. The second-order valence-corrected chi connectivity index (χ2v) is 7.06. The predicted molar refractivity (Wildman–Crippen MR) is 77.1 cm³/mol. The van der Waals surface area contributed by atoms with E-state index in [0.717, 1.165) is 6.42 Å². The Labute approximate surface area is 127 Å². The SMILES string of the molecule is CCCc1nc(CS(=O)(=O)CC(O)c2ccccc2F)no1. The molecule has 1 aromatic carbocycles. The van der Waals surface area contributed by atoms with Crippen LogP contribution in [0.3, 0.4) is 0 Å². The lowest BCUT2D eigenvalue weighted by atomic mass is 10.1. The first-order valence-electron chi connectivity index (χ1n) is 6.85. The van der Waals surface area contributed by atoms with Gasteiger partial charge in [0, 0.05) is 12.0 Å². The van der Waals surface area contributed by atoms with E-state index >= 15 is 0 Å². The van der Waals surface area contributed by atoms with Crippen LogP contribution in [0.5, 0.6) is 0 Å². The highest BCUT2D eigenvalue weighted by atomic mass is 32.2. The largest absolute Gasteiger partial charge is 0.387 e. The van der Waals surface area contributed by atoms with Crippen LogP contribution in [0.2, 0.25) is 0 Å². The summed E-state index contributed by atoms with van der Waals surface area (Å²) < 4.78 is 42.6. The maximum atomic E-state index is 13.5. The van der Waals surface area contributed by atoms with Gasteiger partial charge in [0.2, 0.25) is 5.89 Å². The molecule has 1 heterocycles. The molecule has 2 aromatic rings. The van der Waals surface area contributed by atoms with E-state index < -0.39 is 33.3 Å². The summed E-state index contributed by atoms with van der Waals surface area (Å²) in [7, 11) is -3.70. The number of aryl methyl sites for hydroxylation is 1. The molecule has 1 N–H and O–H groups in total. The van der Waals surface area contributed by atoms with Gasteiger partial charge in [-0.3, -0.25) is 0 Å². The van der Waals surface area contributed by atoms with Crippen molar-refractivity contribution in [3.8, 4) is 0 Å². The maximum absolute atomic E-state index is 13.5. The molecular weight excluding hydrogens is 311 g/mol. The third kappa shape index (κ3) is 4.35. The summed E-state index contributed by atoms with van der Waals surface area (Å²) in [4.78, 5) is 3.97. The number of aliphatic hydroxyl groups excluding tert-OH is 1. The Morgan fingerprint density at radius 1 is 1.36 bits per heavy atom. The van der Waals surface area contributed by atoms with Gasteiger partial charge in [-0.05, 0) is 12.5 Å². The summed E-state index contributed by atoms with van der Waals surface area (Å²) in [6.45, 7) is 1.94. The van der Waals surface area contributed by atoms with Gasteiger partial charge in [-0.2, -0.15) is 4.98 Å². The summed E-state index contributed by atoms with van der Waals surface area (Å²) in [5.41, 5.74) is -0.0501. The van der Waals surface area contributed by atoms with E-state index in [4.69, 9.17) is 4.52 Å². The molecule has 0 saturated heterocycles. The van der Waals surface area contributed by atoms with Gasteiger partial charge in [0.15, 0.2) is 15.7 Å². The standard InChI is InChI=1S/C14H17FN2O4S/c1-2-5-14-16-13(17-21-14)9-22(19,20)8-12(18)10-6-3-4-7-11(10)15/h3-4,6-7,12,18H,2,5,8-9H2,1H3. The van der Waals surface area contributed by atoms with Crippen LogP contribution in [0.1, 0.15) is 36.7 Å². The third-order valence-electron chi connectivity index (χ3n) is 3.00. The van der Waals surface area contributed by atoms with Crippen LogP contribution >= 0.6 is 0 Å². The summed E-state index contributed by atoms with van der Waals surface area (Å²) >= 11 is 0. The smallest absolute Gasteiger partial charge is 0.226 e. The fraction of sp³-hybridized carbons (Fsp3) is 0.429. The Morgan fingerprint density at radius 2 is 2.09 bits per heavy atom. The second kappa shape index (κ2) is 6.97. The average molecular weight is 328 g/mol. The van der Waals surface area contributed by atoms with Gasteiger partial charge >= 0.3 is 0 Å². The van der Waals surface area contributed by atoms with Crippen molar-refractivity contribution in [3.05, 3.63) is 47.4 Å². The number of benzene rings is 1. The molecule has 1 aromatic heterocycles. The molecule has 120 valence electrons. The lowest BCUT2D eigenvalue weighted by molar-refractivity contribution is 0.196. The molecule has 0 aliphatic carbocycles. The molecule has 0 saturated carbocycles. The van der Waals surface area contributed by atoms with Gasteiger partial charge < -0.3 is 9.63 Å². The fourth-order valence-corrected chi connectivity index (χ4v) is 3.28. The number of aromatic nitrogens is 2. The van der Waals surface area contributed by atoms with Crippen molar-refractivity contribution in [2.45, 2.75) is 31.6 Å². The Hall–Kier alpha value is -1.80. The quantitative estimate of drug-likeness (QED) is 0.833. The van der Waals surface area contributed by atoms with Gasteiger partial charge in [-0.25, -0.2) is 12.8 Å². The van der Waals surface area contributed by atoms with E-state index in [2.05, 4.69) is 10.1 Å². The van der Waals surface area contributed by atoms with Gasteiger partial charge in [0.25, 0.3) is 0 Å². The van der Waals surface area contributed by atoms with E-state index in [1.165, 1.54) is 24.3 Å². The molecule has 2 rings (SSSR count). The molecule has 1 unspecified atom stereocenters. The molecular formula is C14H17FN2O4S. The summed E-state index contributed by atoms with van der Waals surface area (Å²) in [5, 5.41) is 13.5. The van der Waals surface area contributed by atoms with Crippen LogP contribution in [0.4, 0.5) is 4.39 Å². The zero-order valence-electron chi connectivity index (χ0n) is 12.1. The second-order valence-electron chi connectivity index (χ2n) is 4.95. The number of hydrogen-bond donors (Lipinski definition) is 1. The van der Waals surface area contributed by atoms with Gasteiger partial charge in [0.1, 0.15) is 11.6 Å². The topological polar surface area (TPSA) is 93.3 Å². The normalized spacial score (nSPS) is 13.2. The van der Waals surface area contributed by atoms with Crippen LogP contribution < -0.4 is 0 Å². The Kier molecular flexibility index (Phi) is 5.25. The highest BCUT2D eigenvalue weighted by Crippen LogP contribution is 2.19. The maximum Gasteiger partial charge on any atom is 0.226 e.